The van der Waals surface area contributed by atoms with E-state index in [-0.39, 0.29) is 5.28 Å². The molecule has 0 unspecified atom stereocenters. The van der Waals surface area contributed by atoms with Gasteiger partial charge in [-0.3, -0.25) is 0 Å². The molecule has 2 rings (SSSR count). The third-order valence-electron chi connectivity index (χ3n) is 2.50. The average Bonchev–Trinajstić information content (AvgIpc) is 2.39. The van der Waals surface area contributed by atoms with Gasteiger partial charge in [0.25, 0.3) is 0 Å². The van der Waals surface area contributed by atoms with Crippen molar-refractivity contribution < 1.29 is 14.3 Å². The number of nitrogens with zero attached hydrogens (tertiary/aromatic N) is 2. The Morgan fingerprint density at radius 1 is 1.32 bits per heavy atom. The summed E-state index contributed by atoms with van der Waals surface area (Å²) in [5.74, 6) is 1.02. The van der Waals surface area contributed by atoms with Crippen LogP contribution in [0.25, 0.3) is 0 Å². The molecular formula is C13H16ClIN3O3P. The van der Waals surface area contributed by atoms with Gasteiger partial charge in [0.15, 0.2) is 0 Å². The second kappa shape index (κ2) is 6.41. The zero-order chi connectivity index (χ0) is 16.4. The van der Waals surface area contributed by atoms with Gasteiger partial charge in [-0.25, -0.2) is 0 Å². The number of anilines is 1. The van der Waals surface area contributed by atoms with Crippen LogP contribution in [0.2, 0.25) is 5.28 Å². The Labute approximate surface area is 147 Å². The van der Waals surface area contributed by atoms with E-state index in [2.05, 4.69) is 37.9 Å². The molecule has 0 atom stereocenters. The average molecular weight is 456 g/mol. The van der Waals surface area contributed by atoms with Crippen molar-refractivity contribution in [3.63, 3.8) is 0 Å². The Hall–Kier alpha value is -0.730. The normalized spacial score (nSPS) is 13.3. The third kappa shape index (κ3) is 5.48. The van der Waals surface area contributed by atoms with E-state index in [1.807, 2.05) is 12.1 Å². The van der Waals surface area contributed by atoms with Crippen molar-refractivity contribution in [1.29, 1.82) is 0 Å². The Morgan fingerprint density at radius 2 is 2.00 bits per heavy atom. The van der Waals surface area contributed by atoms with Gasteiger partial charge in [-0.2, -0.15) is 0 Å². The van der Waals surface area contributed by atoms with E-state index in [1.54, 1.807) is 18.3 Å². The molecule has 120 valence electrons. The number of para-hydroxylation sites is 1. The van der Waals surface area contributed by atoms with Crippen molar-refractivity contribution in [2.24, 2.45) is 0 Å². The van der Waals surface area contributed by atoms with Crippen LogP contribution in [0, 0.1) is 3.57 Å². The van der Waals surface area contributed by atoms with Crippen LogP contribution in [-0.4, -0.2) is 33.1 Å². The van der Waals surface area contributed by atoms with E-state index in [0.717, 1.165) is 9.13 Å². The molecule has 6 nitrogen and oxygen atoms in total. The summed E-state index contributed by atoms with van der Waals surface area (Å²) in [6.07, 6.45) is 1.62. The van der Waals surface area contributed by atoms with Crippen molar-refractivity contribution in [3.05, 3.63) is 44.9 Å². The summed E-state index contributed by atoms with van der Waals surface area (Å²) in [6, 6.07) is 7.14. The molecule has 1 heterocycles. The molecule has 3 N–H and O–H groups in total. The Kier molecular flexibility index (Phi) is 5.13. The first kappa shape index (κ1) is 17.6. The predicted molar refractivity (Wildman–Crippen MR) is 97.4 cm³/mol. The molecule has 0 aliphatic rings. The fourth-order valence-electron chi connectivity index (χ4n) is 1.67. The second-order valence-corrected chi connectivity index (χ2v) is 10.7. The SMILES string of the molecule is CP(C)(O)(O)Oc1ccccc1CNc1nc(Cl)ncc1I. The monoisotopic (exact) mass is 455 g/mol. The van der Waals surface area contributed by atoms with Crippen molar-refractivity contribution in [1.82, 2.24) is 9.97 Å². The number of hydrogen-bond acceptors (Lipinski definition) is 6. The molecule has 0 amide bonds. The predicted octanol–water partition coefficient (Wildman–Crippen LogP) is 3.27. The van der Waals surface area contributed by atoms with Gasteiger partial charge in [0.2, 0.25) is 0 Å². The molecule has 1 aromatic heterocycles. The van der Waals surface area contributed by atoms with Gasteiger partial charge in [-0.1, -0.05) is 0 Å². The first-order valence-corrected chi connectivity index (χ1v) is 10.7. The summed E-state index contributed by atoms with van der Waals surface area (Å²) in [5, 5.41) is 3.29. The van der Waals surface area contributed by atoms with Crippen LogP contribution < -0.4 is 9.84 Å². The van der Waals surface area contributed by atoms with Gasteiger partial charge >= 0.3 is 147 Å². The van der Waals surface area contributed by atoms with Crippen molar-refractivity contribution in [2.75, 3.05) is 18.6 Å². The van der Waals surface area contributed by atoms with Crippen molar-refractivity contribution >= 4 is 47.3 Å². The first-order chi connectivity index (χ1) is 10.1. The van der Waals surface area contributed by atoms with Crippen LogP contribution in [0.15, 0.2) is 30.5 Å². The van der Waals surface area contributed by atoms with Crippen LogP contribution in [-0.2, 0) is 6.54 Å². The standard InChI is InChI=1S/C13H16ClIN3O3P/c1-22(2,19,20)21-11-6-4-3-5-9(11)7-16-12-10(15)8-17-13(14)18-12/h3-6,8,19-20H,7H2,1-2H3,(H,16,17,18). The molecule has 0 saturated carbocycles. The van der Waals surface area contributed by atoms with Gasteiger partial charge in [-0.15, -0.1) is 0 Å². The molecule has 0 aliphatic heterocycles. The molecule has 9 heteroatoms. The van der Waals surface area contributed by atoms with E-state index in [0.29, 0.717) is 18.1 Å². The molecule has 22 heavy (non-hydrogen) atoms. The van der Waals surface area contributed by atoms with Gasteiger partial charge < -0.3 is 0 Å². The van der Waals surface area contributed by atoms with E-state index >= 15 is 0 Å². The number of rotatable bonds is 5. The number of aromatic nitrogens is 2. The molecule has 0 aliphatic carbocycles. The zero-order valence-corrected chi connectivity index (χ0v) is 15.8. The van der Waals surface area contributed by atoms with Gasteiger partial charge in [0.05, 0.1) is 0 Å². The zero-order valence-electron chi connectivity index (χ0n) is 12.0. The summed E-state index contributed by atoms with van der Waals surface area (Å²) in [7, 11) is -4.10. The molecule has 0 bridgehead atoms. The molecule has 1 aromatic carbocycles. The molecule has 2 aromatic rings. The second-order valence-electron chi connectivity index (χ2n) is 5.25. The fourth-order valence-corrected chi connectivity index (χ4v) is 3.00. The summed E-state index contributed by atoms with van der Waals surface area (Å²) in [6.45, 7) is 2.98. The number of benzene rings is 1. The fraction of sp³-hybridized carbons (Fsp3) is 0.231. The Bertz CT molecular complexity index is 684. The third-order valence-corrected chi connectivity index (χ3v) is 4.19. The molecule has 0 fully saturated rings. The van der Waals surface area contributed by atoms with Gasteiger partial charge in [0.1, 0.15) is 0 Å². The van der Waals surface area contributed by atoms with E-state index in [1.165, 1.54) is 13.3 Å². The van der Waals surface area contributed by atoms with Crippen LogP contribution >= 0.6 is 41.5 Å². The molecular weight excluding hydrogens is 439 g/mol. The van der Waals surface area contributed by atoms with Gasteiger partial charge in [-0.05, 0) is 0 Å². The number of halogens is 2. The van der Waals surface area contributed by atoms with Crippen LogP contribution in [0.1, 0.15) is 5.56 Å². The maximum absolute atomic E-state index is 9.93. The summed E-state index contributed by atoms with van der Waals surface area (Å²) in [4.78, 5) is 27.9. The van der Waals surface area contributed by atoms with Crippen LogP contribution in [0.4, 0.5) is 5.82 Å². The van der Waals surface area contributed by atoms with E-state index in [4.69, 9.17) is 16.1 Å². The minimum atomic E-state index is -4.10. The summed E-state index contributed by atoms with van der Waals surface area (Å²) >= 11 is 7.89. The van der Waals surface area contributed by atoms with E-state index in [9.17, 15) is 9.79 Å². The van der Waals surface area contributed by atoms with Crippen LogP contribution in [0.5, 0.6) is 5.75 Å². The first-order valence-electron chi connectivity index (χ1n) is 6.31. The molecule has 0 saturated heterocycles. The van der Waals surface area contributed by atoms with Crippen molar-refractivity contribution in [3.8, 4) is 5.75 Å². The van der Waals surface area contributed by atoms with Crippen molar-refractivity contribution in [2.45, 2.75) is 6.54 Å². The number of hydrogen-bond donors (Lipinski definition) is 3. The Morgan fingerprint density at radius 3 is 2.68 bits per heavy atom. The molecule has 0 radical (unpaired) electrons. The Balaban J connectivity index is 2.19. The maximum atomic E-state index is 9.93. The molecule has 0 spiro atoms. The minimum absolute atomic E-state index is 0.158. The summed E-state index contributed by atoms with van der Waals surface area (Å²) in [5.41, 5.74) is 0.772. The quantitative estimate of drug-likeness (QED) is 0.364. The van der Waals surface area contributed by atoms with Gasteiger partial charge in [0, 0.05) is 0 Å². The number of nitrogens with one attached hydrogen (secondary N) is 1. The van der Waals surface area contributed by atoms with Crippen LogP contribution in [0.3, 0.4) is 0 Å². The topological polar surface area (TPSA) is 87.5 Å². The van der Waals surface area contributed by atoms with E-state index < -0.39 is 7.28 Å². The summed E-state index contributed by atoms with van der Waals surface area (Å²) < 4.78 is 6.23.